The monoisotopic (exact) mass is 281 g/mol. The third kappa shape index (κ3) is 1.67. The van der Waals surface area contributed by atoms with E-state index >= 15 is 0 Å². The molecule has 0 saturated heterocycles. The van der Waals surface area contributed by atoms with Gasteiger partial charge >= 0.3 is 5.97 Å². The number of ether oxygens (including phenoxy) is 1. The molecule has 4 nitrogen and oxygen atoms in total. The smallest absolute Gasteiger partial charge is 0.338 e. The number of rotatable bonds is 2. The number of hydrogen-bond donors (Lipinski definition) is 0. The molecule has 1 aliphatic heterocycles. The number of esters is 1. The fraction of sp³-hybridized carbons (Fsp3) is 0.182. The second-order valence-corrected chi connectivity index (χ2v) is 4.21. The maximum atomic E-state index is 11.6. The highest BCUT2D eigenvalue weighted by molar-refractivity contribution is 9.10. The fourth-order valence-corrected chi connectivity index (χ4v) is 2.12. The first-order chi connectivity index (χ1) is 7.67. The lowest BCUT2D eigenvalue weighted by atomic mass is 10.1. The maximum Gasteiger partial charge on any atom is 0.338 e. The second-order valence-electron chi connectivity index (χ2n) is 3.30. The minimum Gasteiger partial charge on any atom is -0.465 e. The number of halogens is 1. The first-order valence-corrected chi connectivity index (χ1v) is 5.37. The summed E-state index contributed by atoms with van der Waals surface area (Å²) >= 11 is 3.29. The van der Waals surface area contributed by atoms with Gasteiger partial charge in [-0.05, 0) is 12.1 Å². The van der Waals surface area contributed by atoms with E-state index in [1.165, 1.54) is 7.11 Å². The van der Waals surface area contributed by atoms with Gasteiger partial charge in [-0.25, -0.2) is 4.79 Å². The maximum absolute atomic E-state index is 11.6. The largest absolute Gasteiger partial charge is 0.465 e. The Kier molecular flexibility index (Phi) is 2.87. The molecule has 1 aliphatic rings. The Morgan fingerprint density at radius 2 is 2.31 bits per heavy atom. The first kappa shape index (κ1) is 11.0. The molecular formula is C11H8BrNO3. The third-order valence-corrected chi connectivity index (χ3v) is 2.83. The van der Waals surface area contributed by atoms with Gasteiger partial charge in [-0.3, -0.25) is 9.79 Å². The summed E-state index contributed by atoms with van der Waals surface area (Å²) in [7, 11) is 1.31. The average Bonchev–Trinajstić information content (AvgIpc) is 2.69. The van der Waals surface area contributed by atoms with Crippen molar-refractivity contribution in [2.45, 2.75) is 0 Å². The Hall–Kier alpha value is -1.49. The molecule has 82 valence electrons. The SMILES string of the molecule is COC(=O)c1cc(Br)cc2c1=C(C=O)CN=2. The molecule has 0 radical (unpaired) electrons. The van der Waals surface area contributed by atoms with E-state index in [1.807, 2.05) is 0 Å². The minimum atomic E-state index is -0.464. The molecule has 2 rings (SSSR count). The van der Waals surface area contributed by atoms with E-state index in [0.717, 1.165) is 10.8 Å². The highest BCUT2D eigenvalue weighted by Gasteiger charge is 2.16. The molecular weight excluding hydrogens is 274 g/mol. The normalized spacial score (nSPS) is 13.0. The van der Waals surface area contributed by atoms with Crippen LogP contribution in [0.3, 0.4) is 0 Å². The summed E-state index contributed by atoms with van der Waals surface area (Å²) < 4.78 is 5.42. The number of carbonyl (C=O) groups excluding carboxylic acids is 2. The fourth-order valence-electron chi connectivity index (χ4n) is 1.67. The van der Waals surface area contributed by atoms with E-state index in [4.69, 9.17) is 0 Å². The number of aldehydes is 1. The second kappa shape index (κ2) is 4.17. The summed E-state index contributed by atoms with van der Waals surface area (Å²) in [6, 6.07) is 3.41. The van der Waals surface area contributed by atoms with Crippen LogP contribution in [-0.4, -0.2) is 25.9 Å². The average molecular weight is 282 g/mol. The van der Waals surface area contributed by atoms with Crippen molar-refractivity contribution >= 4 is 33.8 Å². The van der Waals surface area contributed by atoms with Crippen molar-refractivity contribution in [3.05, 3.63) is 32.7 Å². The van der Waals surface area contributed by atoms with Crippen molar-refractivity contribution in [2.75, 3.05) is 13.7 Å². The number of carbonyl (C=O) groups is 2. The van der Waals surface area contributed by atoms with E-state index in [2.05, 4.69) is 25.7 Å². The summed E-state index contributed by atoms with van der Waals surface area (Å²) in [5.41, 5.74) is 0.887. The zero-order valence-corrected chi connectivity index (χ0v) is 10.1. The van der Waals surface area contributed by atoms with Crippen molar-refractivity contribution in [3.8, 4) is 0 Å². The van der Waals surface area contributed by atoms with Gasteiger partial charge in [0.1, 0.15) is 6.29 Å². The number of hydrogen-bond acceptors (Lipinski definition) is 4. The van der Waals surface area contributed by atoms with Gasteiger partial charge < -0.3 is 4.74 Å². The van der Waals surface area contributed by atoms with Crippen LogP contribution in [0.5, 0.6) is 0 Å². The number of benzene rings is 1. The van der Waals surface area contributed by atoms with Crippen LogP contribution < -0.4 is 10.6 Å². The Bertz CT molecular complexity index is 592. The van der Waals surface area contributed by atoms with Crippen molar-refractivity contribution in [1.82, 2.24) is 0 Å². The summed E-state index contributed by atoms with van der Waals surface area (Å²) in [5.74, 6) is -0.464. The summed E-state index contributed by atoms with van der Waals surface area (Å²) in [6.45, 7) is 0.319. The zero-order chi connectivity index (χ0) is 11.7. The number of methoxy groups -OCH3 is 1. The van der Waals surface area contributed by atoms with E-state index in [1.54, 1.807) is 12.1 Å². The standard InChI is InChI=1S/C11H8BrNO3/c1-16-11(15)8-2-7(12)3-9-10(8)6(5-14)4-13-9/h2-3,5H,4H2,1H3. The molecule has 5 heteroatoms. The van der Waals surface area contributed by atoms with Gasteiger partial charge in [0.25, 0.3) is 0 Å². The van der Waals surface area contributed by atoms with Gasteiger partial charge in [-0.1, -0.05) is 15.9 Å². The Morgan fingerprint density at radius 3 is 2.94 bits per heavy atom. The van der Waals surface area contributed by atoms with Crippen LogP contribution in [0.15, 0.2) is 21.6 Å². The lowest BCUT2D eigenvalue weighted by Crippen LogP contribution is -2.31. The van der Waals surface area contributed by atoms with Gasteiger partial charge in [0.05, 0.1) is 24.6 Å². The predicted octanol–water partition coefficient (Wildman–Crippen LogP) is 0.218. The molecule has 0 saturated carbocycles. The lowest BCUT2D eigenvalue weighted by molar-refractivity contribution is -0.103. The molecule has 0 atom stereocenters. The van der Waals surface area contributed by atoms with Crippen molar-refractivity contribution in [1.29, 1.82) is 0 Å². The lowest BCUT2D eigenvalue weighted by Gasteiger charge is -2.01. The third-order valence-electron chi connectivity index (χ3n) is 2.37. The topological polar surface area (TPSA) is 55.7 Å². The minimum absolute atomic E-state index is 0.319. The molecule has 0 fully saturated rings. The van der Waals surface area contributed by atoms with Crippen LogP contribution in [0.1, 0.15) is 10.4 Å². The van der Waals surface area contributed by atoms with Crippen molar-refractivity contribution in [3.63, 3.8) is 0 Å². The summed E-state index contributed by atoms with van der Waals surface area (Å²) in [4.78, 5) is 26.6. The molecule has 0 amide bonds. The van der Waals surface area contributed by atoms with Crippen molar-refractivity contribution < 1.29 is 14.3 Å². The molecule has 0 unspecified atom stereocenters. The van der Waals surface area contributed by atoms with Gasteiger partial charge in [-0.2, -0.15) is 0 Å². The van der Waals surface area contributed by atoms with Crippen molar-refractivity contribution in [2.24, 2.45) is 4.99 Å². The number of nitrogens with zero attached hydrogens (tertiary/aromatic N) is 1. The van der Waals surface area contributed by atoms with E-state index in [0.29, 0.717) is 28.3 Å². The number of fused-ring (bicyclic) bond motifs is 1. The molecule has 16 heavy (non-hydrogen) atoms. The Balaban J connectivity index is 2.86. The summed E-state index contributed by atoms with van der Waals surface area (Å²) in [5, 5.41) is 1.24. The van der Waals surface area contributed by atoms with E-state index in [-0.39, 0.29) is 0 Å². The molecule has 1 heterocycles. The van der Waals surface area contributed by atoms with Crippen LogP contribution in [0.25, 0.3) is 5.57 Å². The first-order valence-electron chi connectivity index (χ1n) is 4.58. The highest BCUT2D eigenvalue weighted by Crippen LogP contribution is 2.09. The molecule has 1 aromatic carbocycles. The van der Waals surface area contributed by atoms with Gasteiger partial charge in [0.2, 0.25) is 0 Å². The molecule has 0 bridgehead atoms. The van der Waals surface area contributed by atoms with Crippen LogP contribution in [0, 0.1) is 0 Å². The van der Waals surface area contributed by atoms with Crippen LogP contribution in [-0.2, 0) is 9.53 Å². The van der Waals surface area contributed by atoms with Crippen LogP contribution in [0.2, 0.25) is 0 Å². The summed E-state index contributed by atoms with van der Waals surface area (Å²) in [6.07, 6.45) is 0.732. The van der Waals surface area contributed by atoms with Gasteiger partial charge in [-0.15, -0.1) is 0 Å². The molecule has 0 aliphatic carbocycles. The van der Waals surface area contributed by atoms with E-state index in [9.17, 15) is 9.59 Å². The van der Waals surface area contributed by atoms with Crippen LogP contribution in [0.4, 0.5) is 0 Å². The van der Waals surface area contributed by atoms with Crippen LogP contribution >= 0.6 is 15.9 Å². The van der Waals surface area contributed by atoms with E-state index < -0.39 is 5.97 Å². The molecule has 0 aromatic heterocycles. The quantitative estimate of drug-likeness (QED) is 0.576. The molecule has 0 spiro atoms. The molecule has 1 aromatic rings. The molecule has 0 N–H and O–H groups in total. The zero-order valence-electron chi connectivity index (χ0n) is 8.49. The Morgan fingerprint density at radius 1 is 1.56 bits per heavy atom. The Labute approximate surface area is 99.8 Å². The van der Waals surface area contributed by atoms with Gasteiger partial charge in [0, 0.05) is 15.3 Å². The predicted molar refractivity (Wildman–Crippen MR) is 60.6 cm³/mol. The highest BCUT2D eigenvalue weighted by atomic mass is 79.9. The van der Waals surface area contributed by atoms with Gasteiger partial charge in [0.15, 0.2) is 0 Å².